The van der Waals surface area contributed by atoms with Crippen molar-refractivity contribution in [2.45, 2.75) is 58.3 Å². The quantitative estimate of drug-likeness (QED) is 0.391. The van der Waals surface area contributed by atoms with E-state index in [1.165, 1.54) is 4.90 Å². The number of hydrogen-bond donors (Lipinski definition) is 5. The summed E-state index contributed by atoms with van der Waals surface area (Å²) in [6, 6.07) is 5.51. The van der Waals surface area contributed by atoms with E-state index in [-0.39, 0.29) is 44.0 Å². The Morgan fingerprint density at radius 1 is 1.16 bits per heavy atom. The fourth-order valence-electron chi connectivity index (χ4n) is 4.38. The number of aliphatic hydroxyl groups excluding tert-OH is 3. The molecule has 0 spiro atoms. The number of aromatic nitrogens is 2. The van der Waals surface area contributed by atoms with Gasteiger partial charge in [0.1, 0.15) is 24.1 Å². The second-order valence-electron chi connectivity index (χ2n) is 10.2. The number of imidazole rings is 1. The third kappa shape index (κ3) is 9.04. The summed E-state index contributed by atoms with van der Waals surface area (Å²) in [6.45, 7) is 7.38. The van der Waals surface area contributed by atoms with Gasteiger partial charge in [-0.15, -0.1) is 0 Å². The molecule has 0 unspecified atom stereocenters. The van der Waals surface area contributed by atoms with Gasteiger partial charge in [-0.3, -0.25) is 14.5 Å². The van der Waals surface area contributed by atoms with Gasteiger partial charge in [-0.2, -0.15) is 0 Å². The Bertz CT molecular complexity index is 1030. The highest BCUT2D eigenvalue weighted by molar-refractivity contribution is 5.94. The number of amides is 2. The summed E-state index contributed by atoms with van der Waals surface area (Å²) < 4.78 is 5.46. The van der Waals surface area contributed by atoms with Crippen LogP contribution in [-0.2, 0) is 14.3 Å². The first-order chi connectivity index (χ1) is 17.6. The van der Waals surface area contributed by atoms with Crippen LogP contribution in [0.3, 0.4) is 0 Å². The van der Waals surface area contributed by atoms with Gasteiger partial charge in [0, 0.05) is 38.3 Å². The third-order valence-electron chi connectivity index (χ3n) is 6.37. The average molecular weight is 520 g/mol. The molecule has 1 aliphatic heterocycles. The summed E-state index contributed by atoms with van der Waals surface area (Å²) in [6.07, 6.45) is -2.25. The van der Waals surface area contributed by atoms with Crippen LogP contribution in [0.4, 0.5) is 5.69 Å². The summed E-state index contributed by atoms with van der Waals surface area (Å²) in [5, 5.41) is 33.9. The SMILES string of the molecule is Cc1nc2ccc(NC(=O)CN3CCCCOC[C@@H](O)[C@H](O)[C@@H](O)CN(C(=O)CC(C)C)CC3)cc2[nH]1. The molecule has 1 aliphatic rings. The molecule has 11 heteroatoms. The molecule has 1 aromatic carbocycles. The van der Waals surface area contributed by atoms with Gasteiger partial charge in [0.05, 0.1) is 24.2 Å². The number of anilines is 1. The van der Waals surface area contributed by atoms with Gasteiger partial charge in [-0.05, 0) is 50.4 Å². The molecule has 206 valence electrons. The molecular formula is C26H41N5O6. The average Bonchev–Trinajstić information content (AvgIpc) is 3.20. The Hall–Kier alpha value is -2.57. The number of aromatic amines is 1. The number of rotatable bonds is 5. The van der Waals surface area contributed by atoms with Crippen molar-refractivity contribution in [3.8, 4) is 0 Å². The van der Waals surface area contributed by atoms with Gasteiger partial charge in [-0.25, -0.2) is 4.98 Å². The maximum absolute atomic E-state index is 12.9. The van der Waals surface area contributed by atoms with Crippen LogP contribution in [0, 0.1) is 12.8 Å². The van der Waals surface area contributed by atoms with Crippen LogP contribution in [-0.4, -0.2) is 111 Å². The molecule has 1 aromatic heterocycles. The molecule has 2 heterocycles. The van der Waals surface area contributed by atoms with E-state index in [9.17, 15) is 24.9 Å². The highest BCUT2D eigenvalue weighted by Gasteiger charge is 2.29. The maximum atomic E-state index is 12.9. The highest BCUT2D eigenvalue weighted by atomic mass is 16.5. The zero-order valence-electron chi connectivity index (χ0n) is 22.0. The molecule has 0 radical (unpaired) electrons. The first kappa shape index (κ1) is 29.0. The number of benzene rings is 1. The number of hydrogen-bond acceptors (Lipinski definition) is 8. The molecule has 3 rings (SSSR count). The number of fused-ring (bicyclic) bond motifs is 1. The predicted molar refractivity (Wildman–Crippen MR) is 140 cm³/mol. The van der Waals surface area contributed by atoms with E-state index in [0.29, 0.717) is 38.2 Å². The summed E-state index contributed by atoms with van der Waals surface area (Å²) in [5.41, 5.74) is 2.35. The topological polar surface area (TPSA) is 151 Å². The molecule has 1 saturated heterocycles. The fourth-order valence-corrected chi connectivity index (χ4v) is 4.38. The van der Waals surface area contributed by atoms with Crippen molar-refractivity contribution < 1.29 is 29.6 Å². The molecule has 5 N–H and O–H groups in total. The number of carbonyl (C=O) groups is 2. The first-order valence-electron chi connectivity index (χ1n) is 13.0. The van der Waals surface area contributed by atoms with Crippen LogP contribution in [0.1, 0.15) is 38.9 Å². The predicted octanol–water partition coefficient (Wildman–Crippen LogP) is 0.880. The Labute approximate surface area is 217 Å². The molecule has 2 aromatic rings. The summed E-state index contributed by atoms with van der Waals surface area (Å²) in [5.74, 6) is 0.606. The molecule has 3 atom stereocenters. The van der Waals surface area contributed by atoms with Crippen LogP contribution >= 0.6 is 0 Å². The minimum Gasteiger partial charge on any atom is -0.388 e. The van der Waals surface area contributed by atoms with E-state index in [1.807, 2.05) is 43.9 Å². The van der Waals surface area contributed by atoms with Crippen molar-refractivity contribution >= 4 is 28.5 Å². The number of aryl methyl sites for hydroxylation is 1. The number of carbonyl (C=O) groups excluding carboxylic acids is 2. The minimum absolute atomic E-state index is 0.107. The maximum Gasteiger partial charge on any atom is 0.238 e. The van der Waals surface area contributed by atoms with Gasteiger partial charge < -0.3 is 35.3 Å². The molecular weight excluding hydrogens is 478 g/mol. The molecule has 1 fully saturated rings. The number of β-amino-alcohol motifs (C(OH)–C–C–N with tert-alkyl or cyclic N) is 1. The summed E-state index contributed by atoms with van der Waals surface area (Å²) >= 11 is 0. The van der Waals surface area contributed by atoms with Crippen molar-refractivity contribution in [2.24, 2.45) is 5.92 Å². The second kappa shape index (κ2) is 13.8. The Morgan fingerprint density at radius 3 is 2.70 bits per heavy atom. The lowest BCUT2D eigenvalue weighted by Gasteiger charge is -2.32. The molecule has 0 bridgehead atoms. The molecule has 0 saturated carbocycles. The van der Waals surface area contributed by atoms with Crippen LogP contribution in [0.15, 0.2) is 18.2 Å². The second-order valence-corrected chi connectivity index (χ2v) is 10.2. The standard InChI is InChI=1S/C26H41N5O6/c1-17(2)12-25(35)31-10-9-30(8-4-5-11-37-16-23(33)26(36)22(32)14-31)15-24(34)29-19-6-7-20-21(13-19)28-18(3)27-20/h6-7,13,17,22-23,26,32-33,36H,4-5,8-12,14-16H2,1-3H3,(H,27,28)(H,29,34)/t22-,23+,26+/m0/s1. The fraction of sp³-hybridized carbons (Fsp3) is 0.654. The lowest BCUT2D eigenvalue weighted by Crippen LogP contribution is -2.50. The third-order valence-corrected chi connectivity index (χ3v) is 6.37. The van der Waals surface area contributed by atoms with Gasteiger partial charge >= 0.3 is 0 Å². The van der Waals surface area contributed by atoms with E-state index < -0.39 is 18.3 Å². The number of aliphatic hydroxyl groups is 3. The Balaban J connectivity index is 1.68. The van der Waals surface area contributed by atoms with E-state index in [0.717, 1.165) is 23.3 Å². The van der Waals surface area contributed by atoms with Crippen molar-refractivity contribution in [2.75, 3.05) is 51.3 Å². The minimum atomic E-state index is -1.44. The molecule has 37 heavy (non-hydrogen) atoms. The van der Waals surface area contributed by atoms with Crippen molar-refractivity contribution in [1.82, 2.24) is 19.8 Å². The van der Waals surface area contributed by atoms with E-state index in [2.05, 4.69) is 15.3 Å². The van der Waals surface area contributed by atoms with E-state index in [4.69, 9.17) is 4.74 Å². The zero-order valence-corrected chi connectivity index (χ0v) is 22.0. The molecule has 2 amide bonds. The van der Waals surface area contributed by atoms with Crippen molar-refractivity contribution in [3.63, 3.8) is 0 Å². The highest BCUT2D eigenvalue weighted by Crippen LogP contribution is 2.17. The van der Waals surface area contributed by atoms with Crippen molar-refractivity contribution in [3.05, 3.63) is 24.0 Å². The molecule has 11 nitrogen and oxygen atoms in total. The van der Waals surface area contributed by atoms with Gasteiger partial charge in [-0.1, -0.05) is 13.8 Å². The first-order valence-corrected chi connectivity index (χ1v) is 13.0. The van der Waals surface area contributed by atoms with Gasteiger partial charge in [0.25, 0.3) is 0 Å². The lowest BCUT2D eigenvalue weighted by molar-refractivity contribution is -0.137. The zero-order chi connectivity index (χ0) is 26.9. The van der Waals surface area contributed by atoms with Gasteiger partial charge in [0.2, 0.25) is 11.8 Å². The van der Waals surface area contributed by atoms with E-state index in [1.54, 1.807) is 0 Å². The van der Waals surface area contributed by atoms with E-state index >= 15 is 0 Å². The molecule has 0 aliphatic carbocycles. The Kier molecular flexibility index (Phi) is 10.8. The lowest BCUT2D eigenvalue weighted by atomic mass is 10.1. The normalized spacial score (nSPS) is 23.2. The number of H-pyrrole nitrogens is 1. The number of nitrogens with one attached hydrogen (secondary N) is 2. The number of nitrogens with zero attached hydrogens (tertiary/aromatic N) is 3. The van der Waals surface area contributed by atoms with Gasteiger partial charge in [0.15, 0.2) is 0 Å². The summed E-state index contributed by atoms with van der Waals surface area (Å²) in [4.78, 5) is 36.8. The monoisotopic (exact) mass is 519 g/mol. The smallest absolute Gasteiger partial charge is 0.238 e. The van der Waals surface area contributed by atoms with Crippen LogP contribution in [0.5, 0.6) is 0 Å². The van der Waals surface area contributed by atoms with Crippen LogP contribution in [0.25, 0.3) is 11.0 Å². The largest absolute Gasteiger partial charge is 0.388 e. The van der Waals surface area contributed by atoms with Crippen LogP contribution in [0.2, 0.25) is 0 Å². The van der Waals surface area contributed by atoms with Crippen molar-refractivity contribution in [1.29, 1.82) is 0 Å². The summed E-state index contributed by atoms with van der Waals surface area (Å²) in [7, 11) is 0. The van der Waals surface area contributed by atoms with Crippen LogP contribution < -0.4 is 5.32 Å². The Morgan fingerprint density at radius 2 is 1.95 bits per heavy atom. The number of ether oxygens (including phenoxy) is 1.